The smallest absolute Gasteiger partial charge is 0.246 e. The van der Waals surface area contributed by atoms with Gasteiger partial charge in [-0.3, -0.25) is 19.2 Å². The third kappa shape index (κ3) is 16.3. The number of β-amino-alcohol motifs (C(OH)–C–C–N with tert-alkyl or cyclic N) is 1. The Morgan fingerprint density at radius 2 is 1.49 bits per heavy atom. The number of rotatable bonds is 27. The molecule has 0 bridgehead atoms. The number of benzene rings is 3. The molecular formula is C54H67Cl2N7O10S. The van der Waals surface area contributed by atoms with Crippen molar-refractivity contribution in [2.24, 2.45) is 5.41 Å². The Hall–Kier alpha value is -5.44. The van der Waals surface area contributed by atoms with Gasteiger partial charge in [0.05, 0.1) is 97.2 Å². The van der Waals surface area contributed by atoms with Gasteiger partial charge < -0.3 is 54.2 Å². The van der Waals surface area contributed by atoms with Crippen molar-refractivity contribution in [2.45, 2.75) is 97.6 Å². The summed E-state index contributed by atoms with van der Waals surface area (Å²) in [7, 11) is 0. The number of halogens is 2. The summed E-state index contributed by atoms with van der Waals surface area (Å²) in [5, 5.41) is 20.2. The summed E-state index contributed by atoms with van der Waals surface area (Å²) in [4.78, 5) is 64.9. The van der Waals surface area contributed by atoms with E-state index in [1.54, 1.807) is 29.5 Å². The van der Waals surface area contributed by atoms with Gasteiger partial charge in [-0.15, -0.1) is 11.3 Å². The van der Waals surface area contributed by atoms with Crippen LogP contribution in [0.1, 0.15) is 68.2 Å². The number of carbonyl (C=O) groups is 4. The van der Waals surface area contributed by atoms with Crippen LogP contribution in [-0.2, 0) is 70.6 Å². The second kappa shape index (κ2) is 27.4. The summed E-state index contributed by atoms with van der Waals surface area (Å²) < 4.78 is 31.1. The van der Waals surface area contributed by atoms with Crippen LogP contribution >= 0.6 is 34.5 Å². The molecule has 0 saturated carbocycles. The fourth-order valence-corrected chi connectivity index (χ4v) is 9.76. The van der Waals surface area contributed by atoms with Crippen LogP contribution < -0.4 is 20.7 Å². The molecule has 0 aliphatic carbocycles. The third-order valence-corrected chi connectivity index (χ3v) is 14.3. The van der Waals surface area contributed by atoms with Gasteiger partial charge in [0.15, 0.2) is 0 Å². The Morgan fingerprint density at radius 1 is 0.811 bits per heavy atom. The third-order valence-electron chi connectivity index (χ3n) is 12.6. The number of amides is 4. The van der Waals surface area contributed by atoms with Crippen LogP contribution in [-0.4, -0.2) is 132 Å². The van der Waals surface area contributed by atoms with Crippen molar-refractivity contribution in [1.82, 2.24) is 35.4 Å². The van der Waals surface area contributed by atoms with E-state index in [4.69, 9.17) is 51.9 Å². The number of ether oxygens (including phenoxy) is 5. The average Bonchev–Trinajstić information content (AvgIpc) is 4.19. The zero-order chi connectivity index (χ0) is 52.6. The fraction of sp³-hybridized carbons (Fsp3) is 0.481. The van der Waals surface area contributed by atoms with Crippen molar-refractivity contribution in [3.63, 3.8) is 0 Å². The van der Waals surface area contributed by atoms with E-state index in [1.165, 1.54) is 4.90 Å². The number of nitrogens with zero attached hydrogens (tertiary/aromatic N) is 4. The molecule has 0 spiro atoms. The van der Waals surface area contributed by atoms with Crippen LogP contribution in [0.15, 0.2) is 72.4 Å². The molecular weight excluding hydrogens is 1010 g/mol. The highest BCUT2D eigenvalue weighted by molar-refractivity contribution is 7.13. The first-order valence-electron chi connectivity index (χ1n) is 25.0. The number of aliphatic hydroxyl groups excluding tert-OH is 1. The highest BCUT2D eigenvalue weighted by atomic mass is 35.5. The van der Waals surface area contributed by atoms with Gasteiger partial charge in [-0.1, -0.05) is 86.4 Å². The monoisotopic (exact) mass is 1080 g/mol. The van der Waals surface area contributed by atoms with Gasteiger partial charge in [-0.25, -0.2) is 9.97 Å². The lowest BCUT2D eigenvalue weighted by atomic mass is 9.85. The predicted octanol–water partition coefficient (Wildman–Crippen LogP) is 6.74. The van der Waals surface area contributed by atoms with Crippen molar-refractivity contribution in [1.29, 1.82) is 0 Å². The molecule has 398 valence electrons. The molecule has 17 nitrogen and oxygen atoms in total. The van der Waals surface area contributed by atoms with Gasteiger partial charge in [0.2, 0.25) is 23.6 Å². The molecule has 7 rings (SSSR count). The number of likely N-dealkylation sites (tertiary alicyclic amines) is 1. The van der Waals surface area contributed by atoms with Crippen molar-refractivity contribution >= 4 is 58.2 Å². The summed E-state index contributed by atoms with van der Waals surface area (Å²) in [5.74, 6) is 0.377. The standard InChI is InChI=1S/C54H67Cl2N7O10S/c1-35-50(74-34-59-35)38-10-7-36(8-11-38)30-58-52(67)45-29-41(64)32-63(45)53(68)51(54(2,3)4)61-48(65)15-17-69-18-19-70-20-21-71-22-23-72-24-25-73-46-28-39(44-33-62-16-5-6-47(62)60-44)12-13-40(46)31-57-49(66)27-37-9-14-42(55)43(56)26-37/h7-14,26,28,33-34,41,45,51,64H,5-6,15-25,27,29-32H2,1-4H3,(H,57,66)(H,58,67)(H,61,65)/t41-,45+,51-/m1/s1. The summed E-state index contributed by atoms with van der Waals surface area (Å²) in [6.45, 7) is 11.7. The highest BCUT2D eigenvalue weighted by Crippen LogP contribution is 2.31. The molecule has 2 aromatic heterocycles. The number of fused-ring (bicyclic) bond motifs is 1. The van der Waals surface area contributed by atoms with Gasteiger partial charge >= 0.3 is 0 Å². The van der Waals surface area contributed by atoms with Crippen molar-refractivity contribution in [3.8, 4) is 27.4 Å². The minimum absolute atomic E-state index is 0.0112. The number of aliphatic hydroxyl groups is 1. The van der Waals surface area contributed by atoms with Crippen LogP contribution in [0.5, 0.6) is 5.75 Å². The van der Waals surface area contributed by atoms with Crippen LogP contribution in [0.2, 0.25) is 10.0 Å². The summed E-state index contributed by atoms with van der Waals surface area (Å²) >= 11 is 13.8. The zero-order valence-electron chi connectivity index (χ0n) is 42.5. The molecule has 3 atom stereocenters. The Balaban J connectivity index is 0.745. The molecule has 20 heteroatoms. The van der Waals surface area contributed by atoms with Crippen LogP contribution in [0, 0.1) is 12.3 Å². The van der Waals surface area contributed by atoms with E-state index >= 15 is 0 Å². The maximum absolute atomic E-state index is 14.0. The second-order valence-electron chi connectivity index (χ2n) is 19.4. The summed E-state index contributed by atoms with van der Waals surface area (Å²) in [6, 6.07) is 17.1. The fourth-order valence-electron chi connectivity index (χ4n) is 8.63. The number of nitrogens with one attached hydrogen (secondary N) is 3. The average molecular weight is 1080 g/mol. The zero-order valence-corrected chi connectivity index (χ0v) is 44.8. The Labute approximate surface area is 446 Å². The van der Waals surface area contributed by atoms with E-state index in [9.17, 15) is 24.3 Å². The van der Waals surface area contributed by atoms with E-state index in [2.05, 4.69) is 31.7 Å². The molecule has 74 heavy (non-hydrogen) atoms. The Morgan fingerprint density at radius 3 is 2.15 bits per heavy atom. The van der Waals surface area contributed by atoms with E-state index < -0.39 is 29.5 Å². The molecule has 3 aromatic carbocycles. The van der Waals surface area contributed by atoms with Crippen molar-refractivity contribution < 1.29 is 48.0 Å². The SMILES string of the molecule is Cc1ncsc1-c1ccc(CNC(=O)[C@@H]2C[C@@H](O)CN2C(=O)[C@@H](NC(=O)CCOCCOCCOCCOCCOc2cc(-c3cn4c(n3)CCC4)ccc2CNC(=O)Cc2ccc(Cl)c(Cl)c2)C(C)(C)C)cc1. The number of thiazole rings is 1. The normalized spacial score (nSPS) is 15.7. The maximum Gasteiger partial charge on any atom is 0.246 e. The van der Waals surface area contributed by atoms with E-state index in [0.717, 1.165) is 69.3 Å². The lowest BCUT2D eigenvalue weighted by Crippen LogP contribution is -2.57. The molecule has 1 fully saturated rings. The molecule has 2 aliphatic heterocycles. The quantitative estimate of drug-likeness (QED) is 0.0404. The van der Waals surface area contributed by atoms with Crippen LogP contribution in [0.25, 0.3) is 21.7 Å². The highest BCUT2D eigenvalue weighted by Gasteiger charge is 2.44. The number of hydrogen-bond donors (Lipinski definition) is 4. The van der Waals surface area contributed by atoms with Crippen LogP contribution in [0.3, 0.4) is 0 Å². The topological polar surface area (TPSA) is 205 Å². The van der Waals surface area contributed by atoms with Gasteiger partial charge in [-0.05, 0) is 53.6 Å². The molecule has 0 unspecified atom stereocenters. The minimum atomic E-state index is -0.938. The maximum atomic E-state index is 14.0. The lowest BCUT2D eigenvalue weighted by molar-refractivity contribution is -0.144. The second-order valence-corrected chi connectivity index (χ2v) is 21.0. The van der Waals surface area contributed by atoms with Gasteiger partial charge in [0.25, 0.3) is 0 Å². The molecule has 2 aliphatic rings. The number of aromatic nitrogens is 3. The first-order valence-corrected chi connectivity index (χ1v) is 26.6. The molecule has 4 N–H and O–H groups in total. The molecule has 4 amide bonds. The van der Waals surface area contributed by atoms with Gasteiger partial charge in [0, 0.05) is 62.8 Å². The number of aryl methyl sites for hydroxylation is 3. The summed E-state index contributed by atoms with van der Waals surface area (Å²) in [6.07, 6.45) is 3.53. The predicted molar refractivity (Wildman–Crippen MR) is 283 cm³/mol. The Kier molecular flexibility index (Phi) is 20.8. The molecule has 4 heterocycles. The van der Waals surface area contributed by atoms with Gasteiger partial charge in [0.1, 0.15) is 30.3 Å². The van der Waals surface area contributed by atoms with Crippen molar-refractivity contribution in [3.05, 3.63) is 111 Å². The first-order chi connectivity index (χ1) is 35.6. The molecule has 5 aromatic rings. The number of hydrogen-bond acceptors (Lipinski definition) is 13. The molecule has 1 saturated heterocycles. The molecule has 0 radical (unpaired) electrons. The van der Waals surface area contributed by atoms with E-state index in [1.807, 2.05) is 75.7 Å². The number of imidazole rings is 1. The van der Waals surface area contributed by atoms with Gasteiger partial charge in [-0.2, -0.15) is 0 Å². The van der Waals surface area contributed by atoms with E-state index in [0.29, 0.717) is 55.4 Å². The first kappa shape index (κ1) is 56.3. The summed E-state index contributed by atoms with van der Waals surface area (Å²) in [5.41, 5.74) is 7.41. The largest absolute Gasteiger partial charge is 0.491 e. The van der Waals surface area contributed by atoms with Crippen LogP contribution in [0.4, 0.5) is 0 Å². The Bertz CT molecular complexity index is 2650. The number of carbonyl (C=O) groups excluding carboxylic acids is 4. The van der Waals surface area contributed by atoms with E-state index in [-0.39, 0.29) is 76.4 Å². The van der Waals surface area contributed by atoms with Crippen molar-refractivity contribution in [2.75, 3.05) is 66.0 Å². The minimum Gasteiger partial charge on any atom is -0.491 e. The lowest BCUT2D eigenvalue weighted by Gasteiger charge is -2.35.